The van der Waals surface area contributed by atoms with Gasteiger partial charge in [0.25, 0.3) is 5.91 Å². The molecular weight excluding hydrogens is 244 g/mol. The fourth-order valence-corrected chi connectivity index (χ4v) is 4.18. The van der Waals surface area contributed by atoms with E-state index in [-0.39, 0.29) is 18.0 Å². The molecule has 1 fully saturated rings. The lowest BCUT2D eigenvalue weighted by Crippen LogP contribution is -2.49. The molecule has 18 heavy (non-hydrogen) atoms. The molecule has 1 saturated carbocycles. The Kier molecular flexibility index (Phi) is 3.39. The van der Waals surface area contributed by atoms with Crippen LogP contribution in [0.25, 0.3) is 0 Å². The second-order valence-corrected chi connectivity index (χ2v) is 6.58. The number of rotatable bonds is 2. The lowest BCUT2D eigenvalue weighted by atomic mass is 9.91. The summed E-state index contributed by atoms with van der Waals surface area (Å²) < 4.78 is 0. The van der Waals surface area contributed by atoms with Gasteiger partial charge in [-0.25, -0.2) is 0 Å². The smallest absolute Gasteiger partial charge is 0.261 e. The van der Waals surface area contributed by atoms with Crippen molar-refractivity contribution < 1.29 is 4.79 Å². The summed E-state index contributed by atoms with van der Waals surface area (Å²) in [5.41, 5.74) is 7.45. The van der Waals surface area contributed by atoms with Crippen molar-refractivity contribution in [1.82, 2.24) is 5.32 Å². The van der Waals surface area contributed by atoms with Gasteiger partial charge in [0.2, 0.25) is 0 Å². The Morgan fingerprint density at radius 1 is 1.28 bits per heavy atom. The molecule has 4 heteroatoms. The van der Waals surface area contributed by atoms with Gasteiger partial charge in [-0.05, 0) is 43.7 Å². The second kappa shape index (κ2) is 5.02. The minimum Gasteiger partial charge on any atom is -0.347 e. The molecule has 0 radical (unpaired) electrons. The zero-order chi connectivity index (χ0) is 12.5. The number of amides is 1. The zero-order valence-corrected chi connectivity index (χ0v) is 11.4. The van der Waals surface area contributed by atoms with Gasteiger partial charge in [0, 0.05) is 17.0 Å². The molecule has 1 heterocycles. The first-order valence-corrected chi connectivity index (χ1v) is 7.74. The van der Waals surface area contributed by atoms with Crippen molar-refractivity contribution in [3.63, 3.8) is 0 Å². The van der Waals surface area contributed by atoms with Crippen LogP contribution in [0, 0.1) is 0 Å². The molecule has 2 aliphatic rings. The Labute approximate surface area is 112 Å². The molecular formula is C14H20N2OS. The number of carbonyl (C=O) groups excluding carboxylic acids is 1. The number of hydrogen-bond donors (Lipinski definition) is 2. The molecule has 1 aromatic rings. The first kappa shape index (κ1) is 12.2. The Balaban J connectivity index is 1.66. The summed E-state index contributed by atoms with van der Waals surface area (Å²) >= 11 is 1.67. The van der Waals surface area contributed by atoms with Crippen molar-refractivity contribution in [2.24, 2.45) is 5.73 Å². The number of hydrogen-bond acceptors (Lipinski definition) is 3. The van der Waals surface area contributed by atoms with E-state index in [2.05, 4.69) is 11.4 Å². The number of nitrogens with two attached hydrogens (primary N) is 1. The van der Waals surface area contributed by atoms with Crippen LogP contribution in [0.1, 0.15) is 52.2 Å². The Bertz CT molecular complexity index is 433. The number of aryl methyl sites for hydroxylation is 2. The topological polar surface area (TPSA) is 55.1 Å². The molecule has 1 amide bonds. The van der Waals surface area contributed by atoms with E-state index >= 15 is 0 Å². The van der Waals surface area contributed by atoms with Gasteiger partial charge in [-0.3, -0.25) is 4.79 Å². The van der Waals surface area contributed by atoms with Crippen LogP contribution >= 0.6 is 11.3 Å². The predicted molar refractivity (Wildman–Crippen MR) is 74.0 cm³/mol. The van der Waals surface area contributed by atoms with Crippen molar-refractivity contribution in [3.8, 4) is 0 Å². The maximum Gasteiger partial charge on any atom is 0.261 e. The van der Waals surface area contributed by atoms with Crippen LogP contribution in [0.15, 0.2) is 6.07 Å². The van der Waals surface area contributed by atoms with Crippen molar-refractivity contribution in [3.05, 3.63) is 21.4 Å². The molecule has 0 saturated heterocycles. The van der Waals surface area contributed by atoms with Crippen LogP contribution in [-0.2, 0) is 12.8 Å². The summed E-state index contributed by atoms with van der Waals surface area (Å²) in [4.78, 5) is 14.5. The van der Waals surface area contributed by atoms with Crippen LogP contribution in [0.2, 0.25) is 0 Å². The normalized spacial score (nSPS) is 26.9. The maximum atomic E-state index is 12.2. The fraction of sp³-hybridized carbons (Fsp3) is 0.643. The largest absolute Gasteiger partial charge is 0.347 e. The average Bonchev–Trinajstić information content (AvgIpc) is 2.92. The van der Waals surface area contributed by atoms with Crippen LogP contribution in [-0.4, -0.2) is 18.0 Å². The van der Waals surface area contributed by atoms with Gasteiger partial charge in [0.05, 0.1) is 4.88 Å². The predicted octanol–water partition coefficient (Wildman–Crippen LogP) is 2.24. The first-order chi connectivity index (χ1) is 8.74. The van der Waals surface area contributed by atoms with Crippen molar-refractivity contribution in [2.75, 3.05) is 0 Å². The van der Waals surface area contributed by atoms with Crippen LogP contribution in [0.3, 0.4) is 0 Å². The highest BCUT2D eigenvalue weighted by Gasteiger charge is 2.25. The summed E-state index contributed by atoms with van der Waals surface area (Å²) in [6, 6.07) is 2.38. The molecule has 98 valence electrons. The van der Waals surface area contributed by atoms with Crippen molar-refractivity contribution in [1.29, 1.82) is 0 Å². The fourth-order valence-electron chi connectivity index (χ4n) is 3.02. The molecule has 0 bridgehead atoms. The minimum atomic E-state index is 0.0803. The molecule has 1 aromatic heterocycles. The summed E-state index contributed by atoms with van der Waals surface area (Å²) in [6.07, 6.45) is 7.97. The number of thiophene rings is 1. The van der Waals surface area contributed by atoms with Crippen molar-refractivity contribution in [2.45, 2.75) is 57.0 Å². The molecule has 0 aromatic carbocycles. The van der Waals surface area contributed by atoms with Gasteiger partial charge in [0.15, 0.2) is 0 Å². The van der Waals surface area contributed by atoms with Crippen molar-refractivity contribution >= 4 is 17.2 Å². The van der Waals surface area contributed by atoms with E-state index in [1.807, 2.05) is 0 Å². The standard InChI is InChI=1S/C14H20N2OS/c15-10-5-1-2-6-11(10)16-14(17)13-8-9-4-3-7-12(9)18-13/h8,10-11H,1-7,15H2,(H,16,17)/t10-,11-/m1/s1. The van der Waals surface area contributed by atoms with Gasteiger partial charge in [-0.15, -0.1) is 11.3 Å². The number of nitrogens with one attached hydrogen (secondary N) is 1. The zero-order valence-electron chi connectivity index (χ0n) is 10.6. The second-order valence-electron chi connectivity index (χ2n) is 5.44. The SMILES string of the molecule is N[C@@H]1CCCC[C@H]1NC(=O)c1cc2c(s1)CCC2. The van der Waals surface area contributed by atoms with Gasteiger partial charge < -0.3 is 11.1 Å². The Hall–Kier alpha value is -0.870. The number of carbonyl (C=O) groups is 1. The van der Waals surface area contributed by atoms with Gasteiger partial charge in [-0.1, -0.05) is 12.8 Å². The Morgan fingerprint density at radius 3 is 2.89 bits per heavy atom. The highest BCUT2D eigenvalue weighted by atomic mass is 32.1. The third-order valence-electron chi connectivity index (χ3n) is 4.11. The molecule has 0 aliphatic heterocycles. The first-order valence-electron chi connectivity index (χ1n) is 6.92. The van der Waals surface area contributed by atoms with Gasteiger partial charge in [0.1, 0.15) is 0 Å². The summed E-state index contributed by atoms with van der Waals surface area (Å²) in [6.45, 7) is 0. The van der Waals surface area contributed by atoms with Gasteiger partial charge in [-0.2, -0.15) is 0 Å². The average molecular weight is 264 g/mol. The number of fused-ring (bicyclic) bond motifs is 1. The molecule has 2 aliphatic carbocycles. The van der Waals surface area contributed by atoms with E-state index < -0.39 is 0 Å². The minimum absolute atomic E-state index is 0.0803. The van der Waals surface area contributed by atoms with Crippen LogP contribution in [0.4, 0.5) is 0 Å². The Morgan fingerprint density at radius 2 is 2.11 bits per heavy atom. The molecule has 3 N–H and O–H groups in total. The van der Waals surface area contributed by atoms with E-state index in [1.165, 1.54) is 29.7 Å². The summed E-state index contributed by atoms with van der Waals surface area (Å²) in [7, 11) is 0. The summed E-state index contributed by atoms with van der Waals surface area (Å²) in [5, 5.41) is 3.12. The molecule has 0 spiro atoms. The molecule has 3 nitrogen and oxygen atoms in total. The lowest BCUT2D eigenvalue weighted by molar-refractivity contribution is 0.0925. The highest BCUT2D eigenvalue weighted by molar-refractivity contribution is 7.14. The van der Waals surface area contributed by atoms with Crippen LogP contribution in [0.5, 0.6) is 0 Å². The van der Waals surface area contributed by atoms with E-state index in [0.29, 0.717) is 0 Å². The van der Waals surface area contributed by atoms with Gasteiger partial charge >= 0.3 is 0 Å². The highest BCUT2D eigenvalue weighted by Crippen LogP contribution is 2.30. The third kappa shape index (κ3) is 2.31. The lowest BCUT2D eigenvalue weighted by Gasteiger charge is -2.29. The monoisotopic (exact) mass is 264 g/mol. The molecule has 3 rings (SSSR count). The molecule has 2 atom stereocenters. The van der Waals surface area contributed by atoms with E-state index in [9.17, 15) is 4.79 Å². The summed E-state index contributed by atoms with van der Waals surface area (Å²) in [5.74, 6) is 0.0803. The van der Waals surface area contributed by atoms with Crippen LogP contribution < -0.4 is 11.1 Å². The van der Waals surface area contributed by atoms with E-state index in [1.54, 1.807) is 11.3 Å². The van der Waals surface area contributed by atoms with E-state index in [0.717, 1.165) is 30.6 Å². The third-order valence-corrected chi connectivity index (χ3v) is 5.34. The molecule has 0 unspecified atom stereocenters. The maximum absolute atomic E-state index is 12.2. The quantitative estimate of drug-likeness (QED) is 0.860. The van der Waals surface area contributed by atoms with E-state index in [4.69, 9.17) is 5.73 Å².